The van der Waals surface area contributed by atoms with Crippen LogP contribution in [0.4, 0.5) is 18.9 Å². The Morgan fingerprint density at radius 3 is 2.14 bits per heavy atom. The summed E-state index contributed by atoms with van der Waals surface area (Å²) in [5, 5.41) is 4.12. The molecule has 1 N–H and O–H groups in total. The lowest BCUT2D eigenvalue weighted by Crippen LogP contribution is -2.09. The molecule has 0 aliphatic carbocycles. The van der Waals surface area contributed by atoms with E-state index in [2.05, 4.69) is 5.32 Å². The van der Waals surface area contributed by atoms with Crippen LogP contribution in [0.15, 0.2) is 42.5 Å². The van der Waals surface area contributed by atoms with Crippen LogP contribution in [0.25, 0.3) is 0 Å². The van der Waals surface area contributed by atoms with E-state index in [0.29, 0.717) is 15.7 Å². The molecule has 0 radical (unpaired) electrons. The van der Waals surface area contributed by atoms with Gasteiger partial charge in [-0.2, -0.15) is 13.2 Å². The number of benzene rings is 2. The van der Waals surface area contributed by atoms with E-state index in [1.54, 1.807) is 18.2 Å². The minimum atomic E-state index is -4.32. The van der Waals surface area contributed by atoms with Crippen LogP contribution in [0.1, 0.15) is 24.1 Å². The summed E-state index contributed by atoms with van der Waals surface area (Å²) >= 11 is 11.9. The zero-order valence-corrected chi connectivity index (χ0v) is 12.5. The van der Waals surface area contributed by atoms with Crippen LogP contribution in [-0.4, -0.2) is 0 Å². The van der Waals surface area contributed by atoms with Crippen molar-refractivity contribution in [2.24, 2.45) is 0 Å². The molecule has 0 aromatic heterocycles. The number of halogens is 5. The summed E-state index contributed by atoms with van der Waals surface area (Å²) in [6.45, 7) is 1.84. The van der Waals surface area contributed by atoms with Crippen molar-refractivity contribution in [3.05, 3.63) is 63.6 Å². The normalized spacial score (nSPS) is 13.0. The first kappa shape index (κ1) is 16.0. The van der Waals surface area contributed by atoms with Gasteiger partial charge in [-0.25, -0.2) is 0 Å². The lowest BCUT2D eigenvalue weighted by molar-refractivity contribution is -0.137. The highest BCUT2D eigenvalue weighted by atomic mass is 35.5. The van der Waals surface area contributed by atoms with Crippen molar-refractivity contribution >= 4 is 28.9 Å². The van der Waals surface area contributed by atoms with Crippen LogP contribution in [-0.2, 0) is 6.18 Å². The van der Waals surface area contributed by atoms with Gasteiger partial charge in [0.2, 0.25) is 0 Å². The van der Waals surface area contributed by atoms with Gasteiger partial charge in [0.1, 0.15) is 0 Å². The Kier molecular flexibility index (Phi) is 4.69. The monoisotopic (exact) mass is 333 g/mol. The third-order valence-electron chi connectivity index (χ3n) is 3.04. The number of nitrogens with one attached hydrogen (secondary N) is 1. The molecule has 1 nitrogen and oxygen atoms in total. The molecule has 0 bridgehead atoms. The second kappa shape index (κ2) is 6.16. The third kappa shape index (κ3) is 4.05. The summed E-state index contributed by atoms with van der Waals surface area (Å²) in [4.78, 5) is 0. The lowest BCUT2D eigenvalue weighted by atomic mass is 10.1. The van der Waals surface area contributed by atoms with E-state index in [9.17, 15) is 13.2 Å². The fourth-order valence-corrected chi connectivity index (χ4v) is 2.35. The first-order valence-corrected chi connectivity index (χ1v) is 6.91. The molecule has 6 heteroatoms. The smallest absolute Gasteiger partial charge is 0.377 e. The van der Waals surface area contributed by atoms with E-state index >= 15 is 0 Å². The van der Waals surface area contributed by atoms with E-state index in [4.69, 9.17) is 23.2 Å². The van der Waals surface area contributed by atoms with E-state index < -0.39 is 11.7 Å². The van der Waals surface area contributed by atoms with Crippen molar-refractivity contribution in [2.45, 2.75) is 19.1 Å². The van der Waals surface area contributed by atoms with Gasteiger partial charge in [-0.3, -0.25) is 0 Å². The van der Waals surface area contributed by atoms with Crippen molar-refractivity contribution in [1.29, 1.82) is 0 Å². The van der Waals surface area contributed by atoms with Gasteiger partial charge < -0.3 is 5.32 Å². The maximum Gasteiger partial charge on any atom is 0.416 e. The summed E-state index contributed by atoms with van der Waals surface area (Å²) in [5.74, 6) is 0. The summed E-state index contributed by atoms with van der Waals surface area (Å²) in [6.07, 6.45) is -4.32. The summed E-state index contributed by atoms with van der Waals surface area (Å²) in [5.41, 5.74) is 0.741. The number of hydrogen-bond acceptors (Lipinski definition) is 1. The SMILES string of the molecule is CC(Nc1ccc(Cl)cc1Cl)c1ccc(C(F)(F)F)cc1. The predicted molar refractivity (Wildman–Crippen MR) is 79.9 cm³/mol. The van der Waals surface area contributed by atoms with Gasteiger partial charge in [0.05, 0.1) is 16.3 Å². The van der Waals surface area contributed by atoms with Crippen molar-refractivity contribution in [1.82, 2.24) is 0 Å². The highest BCUT2D eigenvalue weighted by molar-refractivity contribution is 6.36. The topological polar surface area (TPSA) is 12.0 Å². The Morgan fingerprint density at radius 2 is 1.62 bits per heavy atom. The fraction of sp³-hybridized carbons (Fsp3) is 0.200. The molecule has 2 aromatic rings. The van der Waals surface area contributed by atoms with Gasteiger partial charge in [-0.1, -0.05) is 35.3 Å². The molecule has 21 heavy (non-hydrogen) atoms. The Bertz CT molecular complexity index is 624. The molecule has 0 saturated heterocycles. The van der Waals surface area contributed by atoms with Crippen molar-refractivity contribution in [2.75, 3.05) is 5.32 Å². The molecule has 112 valence electrons. The van der Waals surface area contributed by atoms with E-state index in [1.165, 1.54) is 12.1 Å². The molecule has 0 aliphatic rings. The fourth-order valence-electron chi connectivity index (χ4n) is 1.88. The largest absolute Gasteiger partial charge is 0.416 e. The number of hydrogen-bond donors (Lipinski definition) is 1. The van der Waals surface area contributed by atoms with Crippen molar-refractivity contribution in [3.63, 3.8) is 0 Å². The molecule has 2 rings (SSSR count). The minimum absolute atomic E-state index is 0.189. The van der Waals surface area contributed by atoms with Gasteiger partial charge >= 0.3 is 6.18 Å². The van der Waals surface area contributed by atoms with Gasteiger partial charge in [0.15, 0.2) is 0 Å². The standard InChI is InChI=1S/C15H12Cl2F3N/c1-9(21-14-7-6-12(16)8-13(14)17)10-2-4-11(5-3-10)15(18,19)20/h2-9,21H,1H3. The first-order valence-electron chi connectivity index (χ1n) is 6.16. The van der Waals surface area contributed by atoms with Crippen molar-refractivity contribution < 1.29 is 13.2 Å². The first-order chi connectivity index (χ1) is 9.77. The van der Waals surface area contributed by atoms with Gasteiger partial charge in [-0.15, -0.1) is 0 Å². The highest BCUT2D eigenvalue weighted by Gasteiger charge is 2.30. The summed E-state index contributed by atoms with van der Waals surface area (Å²) in [7, 11) is 0. The molecule has 0 saturated carbocycles. The maximum absolute atomic E-state index is 12.5. The maximum atomic E-state index is 12.5. The van der Waals surface area contributed by atoms with E-state index in [1.807, 2.05) is 6.92 Å². The van der Waals surface area contributed by atoms with Crippen LogP contribution >= 0.6 is 23.2 Å². The van der Waals surface area contributed by atoms with Crippen LogP contribution < -0.4 is 5.32 Å². The zero-order chi connectivity index (χ0) is 15.6. The molecule has 2 aromatic carbocycles. The molecule has 1 unspecified atom stereocenters. The van der Waals surface area contributed by atoms with Crippen LogP contribution in [0.2, 0.25) is 10.0 Å². The number of anilines is 1. The predicted octanol–water partition coefficient (Wildman–Crippen LogP) is 6.19. The molecule has 0 heterocycles. The Labute approximate surface area is 130 Å². The number of rotatable bonds is 3. The molecule has 0 spiro atoms. The second-order valence-corrected chi connectivity index (χ2v) is 5.45. The van der Waals surface area contributed by atoms with Gasteiger partial charge in [0.25, 0.3) is 0 Å². The van der Waals surface area contributed by atoms with E-state index in [0.717, 1.165) is 17.7 Å². The second-order valence-electron chi connectivity index (χ2n) is 4.61. The quantitative estimate of drug-likeness (QED) is 0.706. The van der Waals surface area contributed by atoms with Crippen LogP contribution in [0.3, 0.4) is 0 Å². The van der Waals surface area contributed by atoms with Gasteiger partial charge in [-0.05, 0) is 42.8 Å². The summed E-state index contributed by atoms with van der Waals surface area (Å²) in [6, 6.07) is 9.86. The number of alkyl halides is 3. The average Bonchev–Trinajstić information content (AvgIpc) is 2.41. The Morgan fingerprint density at radius 1 is 1.00 bits per heavy atom. The summed E-state index contributed by atoms with van der Waals surface area (Å²) < 4.78 is 37.5. The molecule has 1 atom stereocenters. The molecule has 0 fully saturated rings. The van der Waals surface area contributed by atoms with Crippen molar-refractivity contribution in [3.8, 4) is 0 Å². The lowest BCUT2D eigenvalue weighted by Gasteiger charge is -2.17. The van der Waals surface area contributed by atoms with E-state index in [-0.39, 0.29) is 6.04 Å². The Balaban J connectivity index is 2.15. The van der Waals surface area contributed by atoms with Gasteiger partial charge in [0, 0.05) is 11.1 Å². The average molecular weight is 334 g/mol. The van der Waals surface area contributed by atoms with Crippen LogP contribution in [0, 0.1) is 0 Å². The Hall–Kier alpha value is -1.39. The molecular weight excluding hydrogens is 322 g/mol. The molecule has 0 aliphatic heterocycles. The highest BCUT2D eigenvalue weighted by Crippen LogP contribution is 2.32. The third-order valence-corrected chi connectivity index (χ3v) is 3.59. The molecule has 0 amide bonds. The molecular formula is C15H12Cl2F3N. The van der Waals surface area contributed by atoms with Crippen LogP contribution in [0.5, 0.6) is 0 Å². The zero-order valence-electron chi connectivity index (χ0n) is 11.0. The minimum Gasteiger partial charge on any atom is -0.377 e.